The van der Waals surface area contributed by atoms with E-state index in [1.165, 1.54) is 7.11 Å². The summed E-state index contributed by atoms with van der Waals surface area (Å²) in [4.78, 5) is 8.87. The second-order valence-electron chi connectivity index (χ2n) is 7.32. The summed E-state index contributed by atoms with van der Waals surface area (Å²) in [6.07, 6.45) is 1.82. The molecule has 0 saturated heterocycles. The molecule has 6 N–H and O–H groups in total. The number of halogens is 2. The van der Waals surface area contributed by atoms with Crippen LogP contribution in [0, 0.1) is 22.8 Å². The summed E-state index contributed by atoms with van der Waals surface area (Å²) >= 11 is 12.2. The highest BCUT2D eigenvalue weighted by Gasteiger charge is 2.32. The number of nitrogen functional groups attached to an aromatic ring is 2. The standard InChI is InChI=1S/C23H18Cl2N8O2/c1-34-16-4-2-3-12(20(16)35-9-11-5-6-14(24)15(25)7-11)19-17-18(28)13(8-26)21(29)32-22(17)33-23(31-19)30-10-27/h2-7,19H,9H2,1H3,(H6,28,29,30,31,32,33). The van der Waals surface area contributed by atoms with Gasteiger partial charge in [-0.1, -0.05) is 41.4 Å². The molecule has 1 aliphatic rings. The number of anilines is 3. The van der Waals surface area contributed by atoms with Gasteiger partial charge in [0.05, 0.1) is 22.8 Å². The number of methoxy groups -OCH3 is 1. The van der Waals surface area contributed by atoms with Gasteiger partial charge in [0.2, 0.25) is 5.96 Å². The van der Waals surface area contributed by atoms with Gasteiger partial charge in [-0.2, -0.15) is 10.5 Å². The number of guanidine groups is 1. The number of hydrogen-bond donors (Lipinski definition) is 4. The molecule has 2 heterocycles. The van der Waals surface area contributed by atoms with E-state index < -0.39 is 6.04 Å². The van der Waals surface area contributed by atoms with Gasteiger partial charge in [0.15, 0.2) is 17.7 Å². The number of aliphatic imine (C=N–C) groups is 1. The number of aromatic nitrogens is 1. The fourth-order valence-electron chi connectivity index (χ4n) is 3.65. The van der Waals surface area contributed by atoms with Crippen LogP contribution in [-0.2, 0) is 6.61 Å². The van der Waals surface area contributed by atoms with Gasteiger partial charge >= 0.3 is 0 Å². The highest BCUT2D eigenvalue weighted by molar-refractivity contribution is 6.42. The lowest BCUT2D eigenvalue weighted by molar-refractivity contribution is 0.280. The van der Waals surface area contributed by atoms with Crippen LogP contribution in [0.3, 0.4) is 0 Å². The van der Waals surface area contributed by atoms with Crippen LogP contribution in [0.5, 0.6) is 11.5 Å². The minimum atomic E-state index is -0.804. The molecule has 176 valence electrons. The zero-order chi connectivity index (χ0) is 25.1. The van der Waals surface area contributed by atoms with E-state index >= 15 is 0 Å². The summed E-state index contributed by atoms with van der Waals surface area (Å²) in [5.41, 5.74) is 14.2. The quantitative estimate of drug-likeness (QED) is 0.294. The molecule has 0 amide bonds. The number of rotatable bonds is 5. The van der Waals surface area contributed by atoms with Gasteiger partial charge in [0.25, 0.3) is 0 Å². The zero-order valence-corrected chi connectivity index (χ0v) is 19.8. The van der Waals surface area contributed by atoms with Crippen LogP contribution >= 0.6 is 23.2 Å². The molecule has 0 saturated carbocycles. The molecule has 0 bridgehead atoms. The summed E-state index contributed by atoms with van der Waals surface area (Å²) in [6, 6.07) is 11.6. The Hall–Kier alpha value is -4.38. The van der Waals surface area contributed by atoms with E-state index in [4.69, 9.17) is 49.4 Å². The first-order valence-electron chi connectivity index (χ1n) is 10.1. The minimum Gasteiger partial charge on any atom is -0.493 e. The Morgan fingerprint density at radius 1 is 1.17 bits per heavy atom. The van der Waals surface area contributed by atoms with Crippen molar-refractivity contribution >= 4 is 46.5 Å². The van der Waals surface area contributed by atoms with Crippen molar-refractivity contribution in [2.75, 3.05) is 23.9 Å². The summed E-state index contributed by atoms with van der Waals surface area (Å²) in [5, 5.41) is 24.9. The van der Waals surface area contributed by atoms with Gasteiger partial charge in [-0.3, -0.25) is 5.32 Å². The van der Waals surface area contributed by atoms with Crippen LogP contribution in [0.25, 0.3) is 0 Å². The maximum absolute atomic E-state index is 9.56. The SMILES string of the molecule is COc1cccc(C2N=C(NC#N)Nc3nc(N)c(C#N)c(N)c32)c1OCc1ccc(Cl)c(Cl)c1. The summed E-state index contributed by atoms with van der Waals surface area (Å²) in [5.74, 6) is 1.16. The Morgan fingerprint density at radius 2 is 1.97 bits per heavy atom. The molecule has 12 heteroatoms. The van der Waals surface area contributed by atoms with Crippen molar-refractivity contribution in [3.63, 3.8) is 0 Å². The van der Waals surface area contributed by atoms with E-state index in [2.05, 4.69) is 20.6 Å². The van der Waals surface area contributed by atoms with E-state index in [0.29, 0.717) is 32.7 Å². The van der Waals surface area contributed by atoms with Crippen molar-refractivity contribution in [2.24, 2.45) is 4.99 Å². The monoisotopic (exact) mass is 508 g/mol. The molecule has 0 radical (unpaired) electrons. The molecule has 0 aliphatic carbocycles. The van der Waals surface area contributed by atoms with Crippen LogP contribution in [0.15, 0.2) is 41.4 Å². The molecular weight excluding hydrogens is 491 g/mol. The van der Waals surface area contributed by atoms with E-state index in [0.717, 1.165) is 5.56 Å². The van der Waals surface area contributed by atoms with Crippen molar-refractivity contribution in [1.82, 2.24) is 10.3 Å². The number of nitrogens with zero attached hydrogens (tertiary/aromatic N) is 4. The predicted molar refractivity (Wildman–Crippen MR) is 133 cm³/mol. The lowest BCUT2D eigenvalue weighted by atomic mass is 9.94. The topological polar surface area (TPSA) is 167 Å². The van der Waals surface area contributed by atoms with Crippen LogP contribution in [-0.4, -0.2) is 18.1 Å². The van der Waals surface area contributed by atoms with Gasteiger partial charge in [0, 0.05) is 11.1 Å². The molecule has 1 unspecified atom stereocenters. The van der Waals surface area contributed by atoms with Crippen molar-refractivity contribution in [1.29, 1.82) is 10.5 Å². The van der Waals surface area contributed by atoms with Crippen LogP contribution in [0.4, 0.5) is 17.3 Å². The van der Waals surface area contributed by atoms with Crippen molar-refractivity contribution < 1.29 is 9.47 Å². The number of fused-ring (bicyclic) bond motifs is 1. The largest absolute Gasteiger partial charge is 0.493 e. The second kappa shape index (κ2) is 9.85. The smallest absolute Gasteiger partial charge is 0.211 e. The number of para-hydroxylation sites is 1. The van der Waals surface area contributed by atoms with Crippen molar-refractivity contribution in [3.8, 4) is 23.8 Å². The molecule has 35 heavy (non-hydrogen) atoms. The third-order valence-electron chi connectivity index (χ3n) is 5.25. The number of benzene rings is 2. The van der Waals surface area contributed by atoms with Gasteiger partial charge in [-0.05, 0) is 23.8 Å². The highest BCUT2D eigenvalue weighted by atomic mass is 35.5. The van der Waals surface area contributed by atoms with Gasteiger partial charge < -0.3 is 26.3 Å². The fourth-order valence-corrected chi connectivity index (χ4v) is 3.97. The molecule has 3 aromatic rings. The number of nitrogens with two attached hydrogens (primary N) is 2. The van der Waals surface area contributed by atoms with E-state index in [9.17, 15) is 5.26 Å². The molecule has 10 nitrogen and oxygen atoms in total. The number of ether oxygens (including phenoxy) is 2. The Balaban J connectivity index is 1.85. The Bertz CT molecular complexity index is 1430. The van der Waals surface area contributed by atoms with Crippen molar-refractivity contribution in [3.05, 3.63) is 68.7 Å². The average molecular weight is 509 g/mol. The molecule has 4 rings (SSSR count). The fraction of sp³-hybridized carbons (Fsp3) is 0.130. The first-order chi connectivity index (χ1) is 16.9. The minimum absolute atomic E-state index is 0.0311. The molecule has 2 aromatic carbocycles. The Kier molecular flexibility index (Phi) is 6.69. The third-order valence-corrected chi connectivity index (χ3v) is 5.99. The van der Waals surface area contributed by atoms with E-state index in [-0.39, 0.29) is 35.5 Å². The number of hydrogen-bond acceptors (Lipinski definition) is 10. The highest BCUT2D eigenvalue weighted by Crippen LogP contribution is 2.45. The number of pyridine rings is 1. The Labute approximate surface area is 210 Å². The molecule has 1 atom stereocenters. The normalized spacial score (nSPS) is 14.0. The molecule has 0 fully saturated rings. The molecule has 1 aliphatic heterocycles. The summed E-state index contributed by atoms with van der Waals surface area (Å²) in [6.45, 7) is 0.147. The predicted octanol–water partition coefficient (Wildman–Crippen LogP) is 3.95. The molecular formula is C23H18Cl2N8O2. The van der Waals surface area contributed by atoms with Crippen LogP contribution in [0.1, 0.15) is 28.3 Å². The number of nitrogens with one attached hydrogen (secondary N) is 2. The second-order valence-corrected chi connectivity index (χ2v) is 8.13. The van der Waals surface area contributed by atoms with E-state index in [1.807, 2.05) is 12.3 Å². The van der Waals surface area contributed by atoms with E-state index in [1.54, 1.807) is 36.4 Å². The lowest BCUT2D eigenvalue weighted by Crippen LogP contribution is -2.33. The zero-order valence-electron chi connectivity index (χ0n) is 18.3. The summed E-state index contributed by atoms with van der Waals surface area (Å²) < 4.78 is 11.7. The molecule has 0 spiro atoms. The van der Waals surface area contributed by atoms with Crippen molar-refractivity contribution in [2.45, 2.75) is 12.6 Å². The molecule has 1 aromatic heterocycles. The van der Waals surface area contributed by atoms with Crippen LogP contribution < -0.4 is 31.6 Å². The van der Waals surface area contributed by atoms with Gasteiger partial charge in [0.1, 0.15) is 35.9 Å². The Morgan fingerprint density at radius 3 is 2.66 bits per heavy atom. The number of nitriles is 2. The first-order valence-corrected chi connectivity index (χ1v) is 10.9. The first kappa shape index (κ1) is 23.8. The average Bonchev–Trinajstić information content (AvgIpc) is 2.84. The third kappa shape index (κ3) is 4.53. The van der Waals surface area contributed by atoms with Crippen LogP contribution in [0.2, 0.25) is 10.0 Å². The maximum atomic E-state index is 9.56. The maximum Gasteiger partial charge on any atom is 0.211 e. The van der Waals surface area contributed by atoms with Gasteiger partial charge in [-0.15, -0.1) is 0 Å². The lowest BCUT2D eigenvalue weighted by Gasteiger charge is -2.27. The van der Waals surface area contributed by atoms with Gasteiger partial charge in [-0.25, -0.2) is 9.98 Å². The summed E-state index contributed by atoms with van der Waals surface area (Å²) in [7, 11) is 1.51.